The van der Waals surface area contributed by atoms with Crippen molar-refractivity contribution in [2.75, 3.05) is 20.6 Å². The maximum Gasteiger partial charge on any atom is 0.251 e. The minimum absolute atomic E-state index is 0.120. The van der Waals surface area contributed by atoms with Crippen LogP contribution < -0.4 is 5.32 Å². The Bertz CT molecular complexity index is 727. The highest BCUT2D eigenvalue weighted by atomic mass is 16.2. The number of carbonyl (C=O) groups is 2. The average molecular weight is 313 g/mol. The lowest BCUT2D eigenvalue weighted by atomic mass is 9.84. The maximum atomic E-state index is 12.5. The van der Waals surface area contributed by atoms with Crippen molar-refractivity contribution in [1.29, 1.82) is 0 Å². The summed E-state index contributed by atoms with van der Waals surface area (Å²) in [7, 11) is 3.56. The summed E-state index contributed by atoms with van der Waals surface area (Å²) in [6.07, 6.45) is 5.65. The molecule has 1 aliphatic carbocycles. The molecule has 5 heteroatoms. The topological polar surface area (TPSA) is 65.2 Å². The Labute approximate surface area is 136 Å². The SMILES string of the molecule is CN(C)C(=O)C1(CNC(=O)c2ccc3[nH]ccc3c2)CCCC1. The molecule has 1 aromatic heterocycles. The monoisotopic (exact) mass is 313 g/mol. The summed E-state index contributed by atoms with van der Waals surface area (Å²) in [6.45, 7) is 0.411. The van der Waals surface area contributed by atoms with E-state index in [1.807, 2.05) is 30.5 Å². The Balaban J connectivity index is 1.72. The van der Waals surface area contributed by atoms with Gasteiger partial charge in [0.05, 0.1) is 5.41 Å². The van der Waals surface area contributed by atoms with Crippen molar-refractivity contribution in [3.8, 4) is 0 Å². The molecule has 3 rings (SSSR count). The van der Waals surface area contributed by atoms with Gasteiger partial charge in [0.2, 0.25) is 5.91 Å². The molecule has 2 aromatic rings. The second-order valence-electron chi connectivity index (χ2n) is 6.65. The van der Waals surface area contributed by atoms with Gasteiger partial charge < -0.3 is 15.2 Å². The Morgan fingerprint density at radius 3 is 2.65 bits per heavy atom. The molecule has 23 heavy (non-hydrogen) atoms. The second-order valence-corrected chi connectivity index (χ2v) is 6.65. The van der Waals surface area contributed by atoms with Gasteiger partial charge in [-0.3, -0.25) is 9.59 Å². The van der Waals surface area contributed by atoms with Gasteiger partial charge in [-0.05, 0) is 37.1 Å². The van der Waals surface area contributed by atoms with E-state index in [0.29, 0.717) is 12.1 Å². The van der Waals surface area contributed by atoms with Crippen molar-refractivity contribution in [3.05, 3.63) is 36.0 Å². The van der Waals surface area contributed by atoms with E-state index in [2.05, 4.69) is 10.3 Å². The van der Waals surface area contributed by atoms with E-state index in [4.69, 9.17) is 0 Å². The molecule has 0 bridgehead atoms. The largest absolute Gasteiger partial charge is 0.361 e. The van der Waals surface area contributed by atoms with E-state index < -0.39 is 5.41 Å². The van der Waals surface area contributed by atoms with Crippen LogP contribution in [0.25, 0.3) is 10.9 Å². The van der Waals surface area contributed by atoms with Gasteiger partial charge in [0.25, 0.3) is 5.91 Å². The van der Waals surface area contributed by atoms with Crippen LogP contribution in [0, 0.1) is 5.41 Å². The highest BCUT2D eigenvalue weighted by Gasteiger charge is 2.42. The molecule has 0 saturated heterocycles. The van der Waals surface area contributed by atoms with Crippen LogP contribution in [-0.4, -0.2) is 42.3 Å². The molecule has 0 aliphatic heterocycles. The zero-order valence-corrected chi connectivity index (χ0v) is 13.7. The lowest BCUT2D eigenvalue weighted by Crippen LogP contribution is -2.46. The third-order valence-corrected chi connectivity index (χ3v) is 4.82. The molecule has 0 spiro atoms. The Morgan fingerprint density at radius 1 is 1.22 bits per heavy atom. The molecule has 1 aliphatic rings. The summed E-state index contributed by atoms with van der Waals surface area (Å²) in [5.41, 5.74) is 1.20. The van der Waals surface area contributed by atoms with E-state index in [1.54, 1.807) is 19.0 Å². The zero-order chi connectivity index (χ0) is 16.4. The minimum Gasteiger partial charge on any atom is -0.361 e. The van der Waals surface area contributed by atoms with Gasteiger partial charge in [-0.2, -0.15) is 0 Å². The van der Waals surface area contributed by atoms with Gasteiger partial charge >= 0.3 is 0 Å². The van der Waals surface area contributed by atoms with E-state index in [1.165, 1.54) is 0 Å². The van der Waals surface area contributed by atoms with Crippen LogP contribution in [0.5, 0.6) is 0 Å². The predicted molar refractivity (Wildman–Crippen MR) is 90.2 cm³/mol. The number of H-pyrrole nitrogens is 1. The van der Waals surface area contributed by atoms with Gasteiger partial charge in [-0.15, -0.1) is 0 Å². The first kappa shape index (κ1) is 15.6. The fraction of sp³-hybridized carbons (Fsp3) is 0.444. The molecule has 1 aromatic carbocycles. The van der Waals surface area contributed by atoms with Crippen LogP contribution in [0.4, 0.5) is 0 Å². The smallest absolute Gasteiger partial charge is 0.251 e. The van der Waals surface area contributed by atoms with Crippen molar-refractivity contribution in [2.45, 2.75) is 25.7 Å². The van der Waals surface area contributed by atoms with Crippen molar-refractivity contribution in [3.63, 3.8) is 0 Å². The van der Waals surface area contributed by atoms with Gasteiger partial charge in [-0.25, -0.2) is 0 Å². The standard InChI is InChI=1S/C18H23N3O2/c1-21(2)17(23)18(8-3-4-9-18)12-20-16(22)14-5-6-15-13(11-14)7-10-19-15/h5-7,10-11,19H,3-4,8-9,12H2,1-2H3,(H,20,22). The first-order valence-electron chi connectivity index (χ1n) is 8.09. The lowest BCUT2D eigenvalue weighted by Gasteiger charge is -2.30. The summed E-state index contributed by atoms with van der Waals surface area (Å²) in [5, 5.41) is 3.99. The van der Waals surface area contributed by atoms with Crippen LogP contribution in [0.15, 0.2) is 30.5 Å². The molecule has 5 nitrogen and oxygen atoms in total. The number of nitrogens with zero attached hydrogens (tertiary/aromatic N) is 1. The number of hydrogen-bond acceptors (Lipinski definition) is 2. The van der Waals surface area contributed by atoms with Gasteiger partial charge in [0, 0.05) is 43.3 Å². The van der Waals surface area contributed by atoms with E-state index >= 15 is 0 Å². The molecule has 0 atom stereocenters. The maximum absolute atomic E-state index is 12.5. The predicted octanol–water partition coefficient (Wildman–Crippen LogP) is 2.55. The van der Waals surface area contributed by atoms with Crippen molar-refractivity contribution in [2.24, 2.45) is 5.41 Å². The molecule has 2 amide bonds. The van der Waals surface area contributed by atoms with Crippen LogP contribution in [0.3, 0.4) is 0 Å². The Morgan fingerprint density at radius 2 is 1.96 bits per heavy atom. The highest BCUT2D eigenvalue weighted by molar-refractivity contribution is 5.98. The molecule has 0 unspecified atom stereocenters. The summed E-state index contributed by atoms with van der Waals surface area (Å²) >= 11 is 0. The third-order valence-electron chi connectivity index (χ3n) is 4.82. The number of hydrogen-bond donors (Lipinski definition) is 2. The van der Waals surface area contributed by atoms with E-state index in [-0.39, 0.29) is 11.8 Å². The highest BCUT2D eigenvalue weighted by Crippen LogP contribution is 2.39. The number of rotatable bonds is 4. The second kappa shape index (κ2) is 6.07. The number of fused-ring (bicyclic) bond motifs is 1. The molecular formula is C18H23N3O2. The first-order valence-corrected chi connectivity index (χ1v) is 8.09. The molecule has 2 N–H and O–H groups in total. The van der Waals surface area contributed by atoms with Gasteiger partial charge in [0.1, 0.15) is 0 Å². The van der Waals surface area contributed by atoms with Crippen LogP contribution in [-0.2, 0) is 4.79 Å². The van der Waals surface area contributed by atoms with Crippen LogP contribution in [0.2, 0.25) is 0 Å². The Kier molecular flexibility index (Phi) is 4.11. The fourth-order valence-electron chi connectivity index (χ4n) is 3.54. The van der Waals surface area contributed by atoms with E-state index in [9.17, 15) is 9.59 Å². The summed E-state index contributed by atoms with van der Waals surface area (Å²) < 4.78 is 0. The third kappa shape index (κ3) is 2.96. The quantitative estimate of drug-likeness (QED) is 0.911. The van der Waals surface area contributed by atoms with Gasteiger partial charge in [-0.1, -0.05) is 12.8 Å². The average Bonchev–Trinajstić information content (AvgIpc) is 3.20. The van der Waals surface area contributed by atoms with Crippen molar-refractivity contribution >= 4 is 22.7 Å². The van der Waals surface area contributed by atoms with Gasteiger partial charge in [0.15, 0.2) is 0 Å². The number of aromatic amines is 1. The summed E-state index contributed by atoms with van der Waals surface area (Å²) in [5.74, 6) is 0.00215. The number of carbonyl (C=O) groups excluding carboxylic acids is 2. The normalized spacial score (nSPS) is 16.4. The fourth-order valence-corrected chi connectivity index (χ4v) is 3.54. The number of amides is 2. The molecular weight excluding hydrogens is 290 g/mol. The molecule has 1 heterocycles. The van der Waals surface area contributed by atoms with Crippen LogP contribution >= 0.6 is 0 Å². The summed E-state index contributed by atoms with van der Waals surface area (Å²) in [4.78, 5) is 29.7. The molecule has 1 fully saturated rings. The van der Waals surface area contributed by atoms with E-state index in [0.717, 1.165) is 36.6 Å². The molecule has 0 radical (unpaired) electrons. The first-order chi connectivity index (χ1) is 11.0. The number of nitrogens with one attached hydrogen (secondary N) is 2. The molecule has 122 valence electrons. The lowest BCUT2D eigenvalue weighted by molar-refractivity contribution is -0.138. The van der Waals surface area contributed by atoms with Crippen LogP contribution in [0.1, 0.15) is 36.0 Å². The zero-order valence-electron chi connectivity index (χ0n) is 13.7. The number of benzene rings is 1. The number of aromatic nitrogens is 1. The van der Waals surface area contributed by atoms with Crippen molar-refractivity contribution in [1.82, 2.24) is 15.2 Å². The minimum atomic E-state index is -0.433. The Hall–Kier alpha value is -2.30. The van der Waals surface area contributed by atoms with Crippen molar-refractivity contribution < 1.29 is 9.59 Å². The summed E-state index contributed by atoms with van der Waals surface area (Å²) in [6, 6.07) is 7.53. The molecule has 1 saturated carbocycles.